The molecule has 0 unspecified atom stereocenters. The predicted octanol–water partition coefficient (Wildman–Crippen LogP) is 3.05. The molecule has 1 saturated carbocycles. The van der Waals surface area contributed by atoms with E-state index in [4.69, 9.17) is 0 Å². The molecule has 0 bridgehead atoms. The number of H-pyrrole nitrogens is 1. The van der Waals surface area contributed by atoms with Crippen LogP contribution in [-0.2, 0) is 13.1 Å². The normalized spacial score (nSPS) is 14.0. The molecule has 2 amide bonds. The van der Waals surface area contributed by atoms with E-state index in [0.717, 1.165) is 30.7 Å². The van der Waals surface area contributed by atoms with E-state index in [1.165, 1.54) is 10.9 Å². The first-order chi connectivity index (χ1) is 12.2. The van der Waals surface area contributed by atoms with E-state index in [2.05, 4.69) is 39.6 Å². The molecule has 2 heterocycles. The maximum Gasteiger partial charge on any atom is 0.318 e. The monoisotopic (exact) mass is 337 g/mol. The third-order valence-corrected chi connectivity index (χ3v) is 4.77. The van der Waals surface area contributed by atoms with E-state index in [1.807, 2.05) is 28.8 Å². The molecule has 0 saturated heterocycles. The van der Waals surface area contributed by atoms with Crippen LogP contribution in [0.1, 0.15) is 24.2 Å². The molecule has 0 spiro atoms. The predicted molar refractivity (Wildman–Crippen MR) is 97.2 cm³/mol. The molecule has 2 aromatic heterocycles. The van der Waals surface area contributed by atoms with Gasteiger partial charge in [-0.15, -0.1) is 0 Å². The van der Waals surface area contributed by atoms with Crippen molar-refractivity contribution < 1.29 is 4.79 Å². The number of fused-ring (bicyclic) bond motifs is 1. The van der Waals surface area contributed by atoms with Gasteiger partial charge in [0, 0.05) is 49.8 Å². The van der Waals surface area contributed by atoms with Crippen molar-refractivity contribution in [1.29, 1.82) is 0 Å². The second kappa shape index (κ2) is 6.63. The number of carbonyl (C=O) groups is 1. The largest absolute Gasteiger partial charge is 0.361 e. The number of rotatable bonds is 6. The lowest BCUT2D eigenvalue weighted by Crippen LogP contribution is -2.42. The molecule has 6 nitrogen and oxygen atoms in total. The molecular weight excluding hydrogens is 314 g/mol. The van der Waals surface area contributed by atoms with Crippen molar-refractivity contribution in [3.8, 4) is 0 Å². The van der Waals surface area contributed by atoms with Crippen LogP contribution < -0.4 is 5.32 Å². The van der Waals surface area contributed by atoms with Crippen molar-refractivity contribution in [3.63, 3.8) is 0 Å². The quantitative estimate of drug-likeness (QED) is 0.726. The number of nitrogens with one attached hydrogen (secondary N) is 2. The minimum absolute atomic E-state index is 0.0226. The van der Waals surface area contributed by atoms with Gasteiger partial charge in [0.05, 0.1) is 0 Å². The summed E-state index contributed by atoms with van der Waals surface area (Å²) in [6.07, 6.45) is 7.86. The van der Waals surface area contributed by atoms with Gasteiger partial charge in [-0.1, -0.05) is 6.07 Å². The van der Waals surface area contributed by atoms with Crippen LogP contribution in [0.3, 0.4) is 0 Å². The van der Waals surface area contributed by atoms with E-state index in [0.29, 0.717) is 19.1 Å². The van der Waals surface area contributed by atoms with E-state index in [-0.39, 0.29) is 6.03 Å². The van der Waals surface area contributed by atoms with Crippen molar-refractivity contribution >= 4 is 16.9 Å². The molecule has 3 aromatic rings. The van der Waals surface area contributed by atoms with Gasteiger partial charge in [0.15, 0.2) is 0 Å². The van der Waals surface area contributed by atoms with E-state index >= 15 is 0 Å². The van der Waals surface area contributed by atoms with Crippen molar-refractivity contribution in [1.82, 2.24) is 24.8 Å². The average Bonchev–Trinajstić information content (AvgIpc) is 3.20. The van der Waals surface area contributed by atoms with Gasteiger partial charge >= 0.3 is 6.03 Å². The Morgan fingerprint density at radius 2 is 2.28 bits per heavy atom. The summed E-state index contributed by atoms with van der Waals surface area (Å²) in [5.74, 6) is 0.966. The van der Waals surface area contributed by atoms with E-state index < -0.39 is 0 Å². The number of hydrogen-bond donors (Lipinski definition) is 2. The second-order valence-electron chi connectivity index (χ2n) is 6.66. The molecule has 0 aliphatic heterocycles. The lowest BCUT2D eigenvalue weighted by Gasteiger charge is -2.23. The van der Waals surface area contributed by atoms with Gasteiger partial charge in [0.2, 0.25) is 0 Å². The Morgan fingerprint density at radius 3 is 3.04 bits per heavy atom. The minimum atomic E-state index is 0.0226. The fourth-order valence-corrected chi connectivity index (χ4v) is 3.18. The first-order valence-electron chi connectivity index (χ1n) is 8.79. The first kappa shape index (κ1) is 15.7. The lowest BCUT2D eigenvalue weighted by atomic mass is 10.1. The summed E-state index contributed by atoms with van der Waals surface area (Å²) >= 11 is 0. The number of aromatic nitrogens is 3. The molecule has 1 aromatic carbocycles. The Bertz CT molecular complexity index is 877. The SMILES string of the molecule is Cc1nccn1CCNC(=O)N(Cc1ccc2[nH]ccc2c1)C1CC1. The fraction of sp³-hybridized carbons (Fsp3) is 0.368. The molecule has 1 fully saturated rings. The molecule has 130 valence electrons. The van der Waals surface area contributed by atoms with Crippen LogP contribution in [0.5, 0.6) is 0 Å². The molecule has 2 N–H and O–H groups in total. The number of benzene rings is 1. The van der Waals surface area contributed by atoms with Crippen molar-refractivity contribution in [2.45, 2.75) is 38.9 Å². The van der Waals surface area contributed by atoms with Crippen LogP contribution in [0.2, 0.25) is 0 Å². The number of hydrogen-bond acceptors (Lipinski definition) is 2. The van der Waals surface area contributed by atoms with Crippen LogP contribution in [0.25, 0.3) is 10.9 Å². The second-order valence-corrected chi connectivity index (χ2v) is 6.66. The molecule has 1 aliphatic carbocycles. The Labute approximate surface area is 146 Å². The molecule has 0 radical (unpaired) electrons. The number of aryl methyl sites for hydroxylation is 1. The maximum absolute atomic E-state index is 12.6. The summed E-state index contributed by atoms with van der Waals surface area (Å²) in [7, 11) is 0. The third-order valence-electron chi connectivity index (χ3n) is 4.77. The zero-order valence-corrected chi connectivity index (χ0v) is 14.4. The topological polar surface area (TPSA) is 66.0 Å². The molecule has 6 heteroatoms. The van der Waals surface area contributed by atoms with Gasteiger partial charge in [0.1, 0.15) is 5.82 Å². The van der Waals surface area contributed by atoms with Gasteiger partial charge in [-0.25, -0.2) is 9.78 Å². The van der Waals surface area contributed by atoms with E-state index in [9.17, 15) is 4.79 Å². The van der Waals surface area contributed by atoms with Crippen LogP contribution in [0.15, 0.2) is 42.9 Å². The number of aromatic amines is 1. The van der Waals surface area contributed by atoms with Crippen molar-refractivity contribution in [3.05, 3.63) is 54.2 Å². The van der Waals surface area contributed by atoms with Crippen LogP contribution in [0, 0.1) is 6.92 Å². The Hall–Kier alpha value is -2.76. The van der Waals surface area contributed by atoms with Crippen LogP contribution >= 0.6 is 0 Å². The molecule has 25 heavy (non-hydrogen) atoms. The number of amides is 2. The number of imidazole rings is 1. The molecule has 4 rings (SSSR count). The maximum atomic E-state index is 12.6. The van der Waals surface area contributed by atoms with Crippen molar-refractivity contribution in [2.24, 2.45) is 0 Å². The third kappa shape index (κ3) is 3.52. The zero-order valence-electron chi connectivity index (χ0n) is 14.4. The van der Waals surface area contributed by atoms with Gasteiger partial charge in [0.25, 0.3) is 0 Å². The molecule has 1 aliphatic rings. The summed E-state index contributed by atoms with van der Waals surface area (Å²) in [6.45, 7) is 3.97. The zero-order chi connectivity index (χ0) is 17.2. The highest BCUT2D eigenvalue weighted by Gasteiger charge is 2.32. The summed E-state index contributed by atoms with van der Waals surface area (Å²) in [4.78, 5) is 22.0. The summed E-state index contributed by atoms with van der Waals surface area (Å²) in [5.41, 5.74) is 2.29. The highest BCUT2D eigenvalue weighted by atomic mass is 16.2. The molecule has 0 atom stereocenters. The standard InChI is InChI=1S/C19H23N5O/c1-14-20-8-10-23(14)11-9-22-19(25)24(17-3-4-17)13-15-2-5-18-16(12-15)6-7-21-18/h2,5-8,10,12,17,21H,3-4,9,11,13H2,1H3,(H,22,25). The van der Waals surface area contributed by atoms with Gasteiger partial charge < -0.3 is 19.8 Å². The Kier molecular flexibility index (Phi) is 4.17. The first-order valence-corrected chi connectivity index (χ1v) is 8.79. The highest BCUT2D eigenvalue weighted by molar-refractivity contribution is 5.80. The van der Waals surface area contributed by atoms with Crippen LogP contribution in [0.4, 0.5) is 4.79 Å². The van der Waals surface area contributed by atoms with Gasteiger partial charge in [-0.3, -0.25) is 0 Å². The fourth-order valence-electron chi connectivity index (χ4n) is 3.18. The lowest BCUT2D eigenvalue weighted by molar-refractivity contribution is 0.191. The smallest absolute Gasteiger partial charge is 0.318 e. The van der Waals surface area contributed by atoms with Gasteiger partial charge in [-0.2, -0.15) is 0 Å². The van der Waals surface area contributed by atoms with E-state index in [1.54, 1.807) is 6.20 Å². The Morgan fingerprint density at radius 1 is 1.40 bits per heavy atom. The number of carbonyl (C=O) groups excluding carboxylic acids is 1. The molecular formula is C19H23N5O. The summed E-state index contributed by atoms with van der Waals surface area (Å²) < 4.78 is 2.04. The van der Waals surface area contributed by atoms with Crippen LogP contribution in [-0.4, -0.2) is 38.1 Å². The highest BCUT2D eigenvalue weighted by Crippen LogP contribution is 2.29. The number of nitrogens with zero attached hydrogens (tertiary/aromatic N) is 3. The minimum Gasteiger partial charge on any atom is -0.361 e. The summed E-state index contributed by atoms with van der Waals surface area (Å²) in [5, 5.41) is 4.24. The average molecular weight is 337 g/mol. The van der Waals surface area contributed by atoms with Gasteiger partial charge in [-0.05, 0) is 48.9 Å². The van der Waals surface area contributed by atoms with Crippen molar-refractivity contribution in [2.75, 3.05) is 6.54 Å². The Balaban J connectivity index is 1.38. The summed E-state index contributed by atoms with van der Waals surface area (Å²) in [6, 6.07) is 8.79. The number of urea groups is 1.